The van der Waals surface area contributed by atoms with E-state index in [2.05, 4.69) is 48.5 Å². The zero-order valence-corrected chi connectivity index (χ0v) is 14.9. The number of carboxylic acid groups (broad SMARTS) is 1. The summed E-state index contributed by atoms with van der Waals surface area (Å²) in [5.74, 6) is -0.785. The molecule has 0 aliphatic rings. The van der Waals surface area contributed by atoms with E-state index >= 15 is 0 Å². The highest BCUT2D eigenvalue weighted by Gasteiger charge is 2.17. The van der Waals surface area contributed by atoms with Crippen LogP contribution in [-0.4, -0.2) is 26.8 Å². The fourth-order valence-corrected chi connectivity index (χ4v) is 2.66. The number of hydrogen-bond acceptors (Lipinski definition) is 3. The molecule has 0 fully saturated rings. The molecule has 1 aromatic heterocycles. The fourth-order valence-electron chi connectivity index (χ4n) is 2.66. The average molecular weight is 343 g/mol. The van der Waals surface area contributed by atoms with Gasteiger partial charge in [-0.05, 0) is 36.0 Å². The highest BCUT2D eigenvalue weighted by molar-refractivity contribution is 5.92. The molecule has 1 amide bonds. The number of nitrogens with one attached hydrogen (secondary N) is 1. The molecule has 0 bridgehead atoms. The molecule has 0 saturated heterocycles. The van der Waals surface area contributed by atoms with Crippen LogP contribution in [-0.2, 0) is 11.3 Å². The van der Waals surface area contributed by atoms with Gasteiger partial charge in [0.2, 0.25) is 0 Å². The lowest BCUT2D eigenvalue weighted by Crippen LogP contribution is -2.28. The minimum atomic E-state index is -0.997. The lowest BCUT2D eigenvalue weighted by atomic mass is 9.95. The Morgan fingerprint density at radius 1 is 1.12 bits per heavy atom. The summed E-state index contributed by atoms with van der Waals surface area (Å²) in [6.07, 6.45) is 3.33. The van der Waals surface area contributed by atoms with Gasteiger partial charge in [0.1, 0.15) is 12.2 Å². The van der Waals surface area contributed by atoms with Crippen LogP contribution in [0.15, 0.2) is 36.5 Å². The van der Waals surface area contributed by atoms with Crippen molar-refractivity contribution in [1.29, 1.82) is 0 Å². The SMILES string of the molecule is CCC(C)c1ccc(C(CC)NC(=O)c2ccn(CC(=O)O)n2)cc1. The van der Waals surface area contributed by atoms with Crippen LogP contribution in [0.1, 0.15) is 67.2 Å². The molecule has 134 valence electrons. The molecule has 2 rings (SSSR count). The lowest BCUT2D eigenvalue weighted by molar-refractivity contribution is -0.137. The first-order valence-electron chi connectivity index (χ1n) is 8.60. The van der Waals surface area contributed by atoms with Crippen LogP contribution >= 0.6 is 0 Å². The van der Waals surface area contributed by atoms with Gasteiger partial charge in [-0.3, -0.25) is 14.3 Å². The topological polar surface area (TPSA) is 84.2 Å². The molecule has 2 unspecified atom stereocenters. The number of nitrogens with zero attached hydrogens (tertiary/aromatic N) is 2. The number of aromatic nitrogens is 2. The number of carbonyl (C=O) groups excluding carboxylic acids is 1. The van der Waals surface area contributed by atoms with Crippen molar-refractivity contribution in [2.45, 2.75) is 52.1 Å². The third kappa shape index (κ3) is 4.92. The predicted octanol–water partition coefficient (Wildman–Crippen LogP) is 3.36. The van der Waals surface area contributed by atoms with Crippen molar-refractivity contribution in [3.05, 3.63) is 53.3 Å². The molecule has 2 atom stereocenters. The van der Waals surface area contributed by atoms with E-state index in [-0.39, 0.29) is 24.2 Å². The number of amides is 1. The maximum absolute atomic E-state index is 12.4. The van der Waals surface area contributed by atoms with Gasteiger partial charge in [0.05, 0.1) is 6.04 Å². The summed E-state index contributed by atoms with van der Waals surface area (Å²) in [5, 5.41) is 15.7. The van der Waals surface area contributed by atoms with E-state index in [1.165, 1.54) is 22.5 Å². The molecule has 0 aliphatic carbocycles. The second-order valence-electron chi connectivity index (χ2n) is 6.20. The molecular formula is C19H25N3O3. The third-order valence-electron chi connectivity index (χ3n) is 4.40. The number of aliphatic carboxylic acids is 1. The van der Waals surface area contributed by atoms with Crippen LogP contribution in [0.4, 0.5) is 0 Å². The first-order valence-corrected chi connectivity index (χ1v) is 8.60. The van der Waals surface area contributed by atoms with Gasteiger partial charge >= 0.3 is 5.97 Å². The normalized spacial score (nSPS) is 13.2. The van der Waals surface area contributed by atoms with Crippen molar-refractivity contribution < 1.29 is 14.7 Å². The number of carbonyl (C=O) groups is 2. The molecular weight excluding hydrogens is 318 g/mol. The van der Waals surface area contributed by atoms with Crippen LogP contribution < -0.4 is 5.32 Å². The van der Waals surface area contributed by atoms with E-state index in [0.717, 1.165) is 18.4 Å². The Balaban J connectivity index is 2.06. The van der Waals surface area contributed by atoms with E-state index < -0.39 is 5.97 Å². The fraction of sp³-hybridized carbons (Fsp3) is 0.421. The first kappa shape index (κ1) is 18.7. The molecule has 0 spiro atoms. The number of carboxylic acids is 1. The van der Waals surface area contributed by atoms with Gasteiger partial charge in [-0.2, -0.15) is 5.10 Å². The minimum absolute atomic E-state index is 0.108. The van der Waals surface area contributed by atoms with Crippen molar-refractivity contribution in [1.82, 2.24) is 15.1 Å². The number of rotatable bonds is 8. The largest absolute Gasteiger partial charge is 0.480 e. The molecule has 1 heterocycles. The molecule has 1 aromatic carbocycles. The van der Waals surface area contributed by atoms with E-state index in [1.54, 1.807) is 0 Å². The Morgan fingerprint density at radius 2 is 1.76 bits per heavy atom. The standard InChI is InChI=1S/C19H25N3O3/c1-4-13(3)14-6-8-15(9-7-14)16(5-2)20-19(25)17-10-11-22(21-17)12-18(23)24/h6-11,13,16H,4-5,12H2,1-3H3,(H,20,25)(H,23,24). The molecule has 6 heteroatoms. The van der Waals surface area contributed by atoms with Crippen LogP contribution in [0.25, 0.3) is 0 Å². The second-order valence-corrected chi connectivity index (χ2v) is 6.20. The first-order chi connectivity index (χ1) is 11.9. The predicted molar refractivity (Wildman–Crippen MR) is 95.5 cm³/mol. The summed E-state index contributed by atoms with van der Waals surface area (Å²) in [4.78, 5) is 23.1. The van der Waals surface area contributed by atoms with E-state index in [0.29, 0.717) is 5.92 Å². The quantitative estimate of drug-likeness (QED) is 0.770. The summed E-state index contributed by atoms with van der Waals surface area (Å²) in [5.41, 5.74) is 2.56. The van der Waals surface area contributed by atoms with Gasteiger partial charge in [-0.15, -0.1) is 0 Å². The third-order valence-corrected chi connectivity index (χ3v) is 4.40. The maximum Gasteiger partial charge on any atom is 0.325 e. The maximum atomic E-state index is 12.4. The van der Waals surface area contributed by atoms with Crippen LogP contribution in [0.2, 0.25) is 0 Å². The molecule has 2 N–H and O–H groups in total. The van der Waals surface area contributed by atoms with Crippen molar-refractivity contribution >= 4 is 11.9 Å². The zero-order chi connectivity index (χ0) is 18.4. The summed E-state index contributed by atoms with van der Waals surface area (Å²) in [7, 11) is 0. The van der Waals surface area contributed by atoms with Crippen molar-refractivity contribution in [3.8, 4) is 0 Å². The molecule has 0 saturated carbocycles. The summed E-state index contributed by atoms with van der Waals surface area (Å²) in [6, 6.07) is 9.75. The Morgan fingerprint density at radius 3 is 2.32 bits per heavy atom. The molecule has 0 radical (unpaired) electrons. The molecule has 6 nitrogen and oxygen atoms in total. The Hall–Kier alpha value is -2.63. The van der Waals surface area contributed by atoms with Crippen LogP contribution in [0.5, 0.6) is 0 Å². The van der Waals surface area contributed by atoms with E-state index in [4.69, 9.17) is 5.11 Å². The van der Waals surface area contributed by atoms with Gasteiger partial charge < -0.3 is 10.4 Å². The van der Waals surface area contributed by atoms with Crippen molar-refractivity contribution in [3.63, 3.8) is 0 Å². The summed E-state index contributed by atoms with van der Waals surface area (Å²) < 4.78 is 1.24. The van der Waals surface area contributed by atoms with Gasteiger partial charge in [0.15, 0.2) is 0 Å². The van der Waals surface area contributed by atoms with Crippen molar-refractivity contribution in [2.24, 2.45) is 0 Å². The van der Waals surface area contributed by atoms with Crippen LogP contribution in [0.3, 0.4) is 0 Å². The Bertz CT molecular complexity index is 722. The van der Waals surface area contributed by atoms with Crippen molar-refractivity contribution in [2.75, 3.05) is 0 Å². The molecule has 2 aromatic rings. The summed E-state index contributed by atoms with van der Waals surface area (Å²) in [6.45, 7) is 6.11. The molecule has 25 heavy (non-hydrogen) atoms. The average Bonchev–Trinajstić information content (AvgIpc) is 3.06. The number of benzene rings is 1. The van der Waals surface area contributed by atoms with E-state index in [1.807, 2.05) is 6.92 Å². The number of hydrogen-bond donors (Lipinski definition) is 2. The zero-order valence-electron chi connectivity index (χ0n) is 14.9. The minimum Gasteiger partial charge on any atom is -0.480 e. The molecule has 0 aliphatic heterocycles. The monoisotopic (exact) mass is 343 g/mol. The highest BCUT2D eigenvalue weighted by Crippen LogP contribution is 2.23. The Labute approximate surface area is 147 Å². The lowest BCUT2D eigenvalue weighted by Gasteiger charge is -2.18. The van der Waals surface area contributed by atoms with E-state index in [9.17, 15) is 9.59 Å². The van der Waals surface area contributed by atoms with Gasteiger partial charge in [-0.25, -0.2) is 0 Å². The second kappa shape index (κ2) is 8.46. The smallest absolute Gasteiger partial charge is 0.325 e. The van der Waals surface area contributed by atoms with Gasteiger partial charge in [0, 0.05) is 6.20 Å². The Kier molecular flexibility index (Phi) is 6.33. The van der Waals surface area contributed by atoms with Gasteiger partial charge in [0.25, 0.3) is 5.91 Å². The highest BCUT2D eigenvalue weighted by atomic mass is 16.4. The van der Waals surface area contributed by atoms with Crippen LogP contribution in [0, 0.1) is 0 Å². The summed E-state index contributed by atoms with van der Waals surface area (Å²) >= 11 is 0. The van der Waals surface area contributed by atoms with Gasteiger partial charge in [-0.1, -0.05) is 45.0 Å².